The number of hydrogen-bond donors (Lipinski definition) is 2. The molecule has 0 saturated heterocycles. The predicted molar refractivity (Wildman–Crippen MR) is 82.6 cm³/mol. The Morgan fingerprint density at radius 3 is 2.52 bits per heavy atom. The molecule has 0 aliphatic heterocycles. The Balaban J connectivity index is 2.27. The Hall–Kier alpha value is -2.47. The maximum atomic E-state index is 12.2. The Labute approximate surface area is 124 Å². The fraction of sp³-hybridized carbons (Fsp3) is 0.0667. The molecule has 0 aliphatic carbocycles. The SMILES string of the molecule is CSc1ccc(-n2c(=O)[nH]c3c(C(=O)O)cccc32)cc1. The molecule has 3 rings (SSSR count). The van der Waals surface area contributed by atoms with Crippen LogP contribution in [0.2, 0.25) is 0 Å². The van der Waals surface area contributed by atoms with E-state index in [1.54, 1.807) is 23.9 Å². The molecule has 1 heterocycles. The minimum absolute atomic E-state index is 0.0871. The Morgan fingerprint density at radius 2 is 1.90 bits per heavy atom. The van der Waals surface area contributed by atoms with E-state index in [1.807, 2.05) is 30.5 Å². The number of aromatic amines is 1. The van der Waals surface area contributed by atoms with E-state index in [0.717, 1.165) is 4.90 Å². The molecule has 0 amide bonds. The van der Waals surface area contributed by atoms with Gasteiger partial charge < -0.3 is 10.1 Å². The lowest BCUT2D eigenvalue weighted by Gasteiger charge is -2.05. The van der Waals surface area contributed by atoms with Gasteiger partial charge >= 0.3 is 11.7 Å². The van der Waals surface area contributed by atoms with E-state index in [4.69, 9.17) is 0 Å². The smallest absolute Gasteiger partial charge is 0.337 e. The molecule has 0 saturated carbocycles. The van der Waals surface area contributed by atoms with E-state index in [-0.39, 0.29) is 11.3 Å². The van der Waals surface area contributed by atoms with Crippen LogP contribution in [0.25, 0.3) is 16.7 Å². The second kappa shape index (κ2) is 5.14. The third-order valence-electron chi connectivity index (χ3n) is 3.28. The largest absolute Gasteiger partial charge is 0.478 e. The lowest BCUT2D eigenvalue weighted by molar-refractivity contribution is 0.0699. The Bertz CT molecular complexity index is 878. The van der Waals surface area contributed by atoms with Gasteiger partial charge in [-0.1, -0.05) is 6.07 Å². The Morgan fingerprint density at radius 1 is 1.19 bits per heavy atom. The zero-order chi connectivity index (χ0) is 15.0. The van der Waals surface area contributed by atoms with Crippen LogP contribution in [0.1, 0.15) is 10.4 Å². The van der Waals surface area contributed by atoms with Gasteiger partial charge in [0.2, 0.25) is 0 Å². The van der Waals surface area contributed by atoms with E-state index in [2.05, 4.69) is 4.98 Å². The zero-order valence-corrected chi connectivity index (χ0v) is 12.0. The molecular weight excluding hydrogens is 288 g/mol. The standard InChI is InChI=1S/C15H12N2O3S/c1-21-10-7-5-9(6-8-10)17-12-4-2-3-11(14(18)19)13(12)16-15(17)20/h2-8H,1H3,(H,16,20)(H,18,19). The first-order valence-corrected chi connectivity index (χ1v) is 7.46. The number of nitrogens with one attached hydrogen (secondary N) is 1. The number of nitrogens with zero attached hydrogens (tertiary/aromatic N) is 1. The number of fused-ring (bicyclic) bond motifs is 1. The first-order valence-electron chi connectivity index (χ1n) is 6.23. The number of benzene rings is 2. The summed E-state index contributed by atoms with van der Waals surface area (Å²) < 4.78 is 1.48. The molecule has 2 aromatic carbocycles. The number of thioether (sulfide) groups is 1. The van der Waals surface area contributed by atoms with Crippen LogP contribution in [-0.2, 0) is 0 Å². The highest BCUT2D eigenvalue weighted by molar-refractivity contribution is 7.98. The maximum Gasteiger partial charge on any atom is 0.337 e. The minimum atomic E-state index is -1.06. The van der Waals surface area contributed by atoms with Crippen molar-refractivity contribution < 1.29 is 9.90 Å². The monoisotopic (exact) mass is 300 g/mol. The number of H-pyrrole nitrogens is 1. The van der Waals surface area contributed by atoms with Crippen LogP contribution in [0.4, 0.5) is 0 Å². The molecule has 0 fully saturated rings. The lowest BCUT2D eigenvalue weighted by Crippen LogP contribution is -2.14. The molecule has 0 bridgehead atoms. The van der Waals surface area contributed by atoms with Gasteiger partial charge in [-0.3, -0.25) is 4.57 Å². The molecule has 3 aromatic rings. The first kappa shape index (κ1) is 13.5. The van der Waals surface area contributed by atoms with Gasteiger partial charge in [0.25, 0.3) is 0 Å². The molecule has 1 aromatic heterocycles. The van der Waals surface area contributed by atoms with Crippen LogP contribution in [0.15, 0.2) is 52.2 Å². The molecule has 0 unspecified atom stereocenters. The second-order valence-electron chi connectivity index (χ2n) is 4.47. The highest BCUT2D eigenvalue weighted by Crippen LogP contribution is 2.21. The van der Waals surface area contributed by atoms with Crippen LogP contribution in [0, 0.1) is 0 Å². The van der Waals surface area contributed by atoms with Crippen molar-refractivity contribution in [1.29, 1.82) is 0 Å². The van der Waals surface area contributed by atoms with E-state index in [0.29, 0.717) is 16.7 Å². The zero-order valence-electron chi connectivity index (χ0n) is 11.2. The van der Waals surface area contributed by atoms with Crippen LogP contribution in [-0.4, -0.2) is 26.9 Å². The topological polar surface area (TPSA) is 75.1 Å². The van der Waals surface area contributed by atoms with Crippen molar-refractivity contribution in [1.82, 2.24) is 9.55 Å². The van der Waals surface area contributed by atoms with Crippen LogP contribution in [0.3, 0.4) is 0 Å². The molecule has 21 heavy (non-hydrogen) atoms. The number of aromatic carboxylic acids is 1. The summed E-state index contributed by atoms with van der Waals surface area (Å²) in [5, 5.41) is 9.19. The third-order valence-corrected chi connectivity index (χ3v) is 4.02. The third kappa shape index (κ3) is 2.23. The van der Waals surface area contributed by atoms with Gasteiger partial charge in [0.15, 0.2) is 0 Å². The molecule has 6 heteroatoms. The summed E-state index contributed by atoms with van der Waals surface area (Å²) in [6, 6.07) is 12.4. The number of rotatable bonds is 3. The molecule has 0 atom stereocenters. The van der Waals surface area contributed by atoms with E-state index in [9.17, 15) is 14.7 Å². The summed E-state index contributed by atoms with van der Waals surface area (Å²) in [6.07, 6.45) is 1.98. The van der Waals surface area contributed by atoms with Crippen LogP contribution < -0.4 is 5.69 Å². The number of hydrogen-bond acceptors (Lipinski definition) is 3. The number of carboxylic acids is 1. The molecule has 106 valence electrons. The summed E-state index contributed by atoms with van der Waals surface area (Å²) >= 11 is 1.62. The van der Waals surface area contributed by atoms with Gasteiger partial charge in [0.05, 0.1) is 22.3 Å². The molecular formula is C15H12N2O3S. The predicted octanol–water partition coefficient (Wildman–Crippen LogP) is 2.74. The van der Waals surface area contributed by atoms with Gasteiger partial charge in [-0.15, -0.1) is 11.8 Å². The molecule has 0 aliphatic rings. The average molecular weight is 300 g/mol. The summed E-state index contributed by atoms with van der Waals surface area (Å²) in [7, 11) is 0. The van der Waals surface area contributed by atoms with Gasteiger partial charge in [-0.2, -0.15) is 0 Å². The molecule has 2 N–H and O–H groups in total. The van der Waals surface area contributed by atoms with Crippen molar-refractivity contribution in [2.45, 2.75) is 4.90 Å². The summed E-state index contributed by atoms with van der Waals surface area (Å²) in [5.74, 6) is -1.06. The summed E-state index contributed by atoms with van der Waals surface area (Å²) in [4.78, 5) is 27.1. The number of para-hydroxylation sites is 1. The van der Waals surface area contributed by atoms with Crippen molar-refractivity contribution in [3.05, 3.63) is 58.5 Å². The molecule has 0 spiro atoms. The Kier molecular flexibility index (Phi) is 3.31. The molecule has 0 radical (unpaired) electrons. The van der Waals surface area contributed by atoms with Gasteiger partial charge in [-0.05, 0) is 42.7 Å². The summed E-state index contributed by atoms with van der Waals surface area (Å²) in [5.41, 5.74) is 1.33. The van der Waals surface area contributed by atoms with E-state index in [1.165, 1.54) is 10.6 Å². The van der Waals surface area contributed by atoms with Crippen molar-refractivity contribution in [2.24, 2.45) is 0 Å². The lowest BCUT2D eigenvalue weighted by atomic mass is 10.2. The normalized spacial score (nSPS) is 10.9. The van der Waals surface area contributed by atoms with Gasteiger partial charge in [-0.25, -0.2) is 9.59 Å². The quantitative estimate of drug-likeness (QED) is 0.729. The molecule has 5 nitrogen and oxygen atoms in total. The number of imidazole rings is 1. The highest BCUT2D eigenvalue weighted by atomic mass is 32.2. The average Bonchev–Trinajstić information content (AvgIpc) is 2.82. The van der Waals surface area contributed by atoms with Crippen molar-refractivity contribution in [2.75, 3.05) is 6.26 Å². The second-order valence-corrected chi connectivity index (χ2v) is 5.35. The van der Waals surface area contributed by atoms with Gasteiger partial charge in [0, 0.05) is 4.90 Å². The van der Waals surface area contributed by atoms with E-state index >= 15 is 0 Å². The van der Waals surface area contributed by atoms with Crippen LogP contribution >= 0.6 is 11.8 Å². The summed E-state index contributed by atoms with van der Waals surface area (Å²) in [6.45, 7) is 0. The number of carboxylic acid groups (broad SMARTS) is 1. The van der Waals surface area contributed by atoms with Crippen molar-refractivity contribution in [3.8, 4) is 5.69 Å². The highest BCUT2D eigenvalue weighted by Gasteiger charge is 2.15. The maximum absolute atomic E-state index is 12.2. The van der Waals surface area contributed by atoms with E-state index < -0.39 is 5.97 Å². The van der Waals surface area contributed by atoms with Crippen molar-refractivity contribution >= 4 is 28.8 Å². The van der Waals surface area contributed by atoms with Crippen molar-refractivity contribution in [3.63, 3.8) is 0 Å². The van der Waals surface area contributed by atoms with Crippen LogP contribution in [0.5, 0.6) is 0 Å². The minimum Gasteiger partial charge on any atom is -0.478 e. The van der Waals surface area contributed by atoms with Gasteiger partial charge in [0.1, 0.15) is 0 Å². The number of aromatic nitrogens is 2. The fourth-order valence-corrected chi connectivity index (χ4v) is 2.70. The number of carbonyl (C=O) groups is 1. The fourth-order valence-electron chi connectivity index (χ4n) is 2.30. The first-order chi connectivity index (χ1) is 10.1.